The van der Waals surface area contributed by atoms with Crippen LogP contribution in [0.2, 0.25) is 0 Å². The Morgan fingerprint density at radius 3 is 2.45 bits per heavy atom. The summed E-state index contributed by atoms with van der Waals surface area (Å²) in [5, 5.41) is 5.71. The molecule has 2 aliphatic heterocycles. The maximum atomic E-state index is 13.3. The molecule has 2 aromatic carbocycles. The van der Waals surface area contributed by atoms with Crippen molar-refractivity contribution in [2.24, 2.45) is 7.05 Å². The number of rotatable bonds is 3. The lowest BCUT2D eigenvalue weighted by Crippen LogP contribution is -2.50. The second kappa shape index (κ2) is 9.75. The van der Waals surface area contributed by atoms with Crippen LogP contribution in [-0.2, 0) is 21.4 Å². The van der Waals surface area contributed by atoms with E-state index in [4.69, 9.17) is 4.74 Å². The van der Waals surface area contributed by atoms with Gasteiger partial charge >= 0.3 is 11.8 Å². The largest absolute Gasteiger partial charge is 0.444 e. The Kier molecular flexibility index (Phi) is 6.60. The zero-order valence-electron chi connectivity index (χ0n) is 22.1. The summed E-state index contributed by atoms with van der Waals surface area (Å²) in [7, 11) is 1.69. The average Bonchev–Trinajstić information content (AvgIpc) is 3.13. The van der Waals surface area contributed by atoms with Gasteiger partial charge in [0.05, 0.1) is 17.1 Å². The molecule has 10 nitrogen and oxygen atoms in total. The lowest BCUT2D eigenvalue weighted by atomic mass is 9.98. The zero-order chi connectivity index (χ0) is 27.2. The van der Waals surface area contributed by atoms with E-state index in [1.54, 1.807) is 16.5 Å². The van der Waals surface area contributed by atoms with Crippen LogP contribution < -0.4 is 16.3 Å². The molecule has 5 rings (SSSR count). The van der Waals surface area contributed by atoms with Gasteiger partial charge < -0.3 is 10.1 Å². The lowest BCUT2D eigenvalue weighted by molar-refractivity contribution is -0.135. The first-order valence-corrected chi connectivity index (χ1v) is 12.9. The second-order valence-corrected chi connectivity index (χ2v) is 10.9. The molecule has 10 heteroatoms. The van der Waals surface area contributed by atoms with Crippen LogP contribution in [0.1, 0.15) is 51.3 Å². The highest BCUT2D eigenvalue weighted by molar-refractivity contribution is 6.00. The number of hydrogen-bond acceptors (Lipinski definition) is 6. The van der Waals surface area contributed by atoms with Gasteiger partial charge in [0.25, 0.3) is 0 Å². The second-order valence-electron chi connectivity index (χ2n) is 10.9. The zero-order valence-corrected chi connectivity index (χ0v) is 22.1. The third-order valence-electron chi connectivity index (χ3n) is 7.10. The molecule has 200 valence electrons. The number of aromatic nitrogens is 2. The molecule has 2 atom stereocenters. The van der Waals surface area contributed by atoms with Gasteiger partial charge in [-0.3, -0.25) is 28.9 Å². The summed E-state index contributed by atoms with van der Waals surface area (Å²) in [6, 6.07) is 12.7. The Labute approximate surface area is 220 Å². The Morgan fingerprint density at radius 2 is 1.76 bits per heavy atom. The molecule has 2 aliphatic rings. The smallest absolute Gasteiger partial charge is 0.410 e. The van der Waals surface area contributed by atoms with Crippen LogP contribution in [0.25, 0.3) is 22.2 Å². The van der Waals surface area contributed by atoms with Gasteiger partial charge in [-0.05, 0) is 44.4 Å². The molecule has 3 amide bonds. The molecular formula is C28H33N5O5. The highest BCUT2D eigenvalue weighted by atomic mass is 16.6. The number of piperazine rings is 1. The van der Waals surface area contributed by atoms with Crippen molar-refractivity contribution in [2.75, 3.05) is 19.6 Å². The van der Waals surface area contributed by atoms with E-state index < -0.39 is 17.6 Å². The Hall–Kier alpha value is -3.92. The normalized spacial score (nSPS) is 20.5. The van der Waals surface area contributed by atoms with Crippen molar-refractivity contribution in [3.05, 3.63) is 58.5 Å². The third-order valence-corrected chi connectivity index (χ3v) is 7.10. The molecule has 2 unspecified atom stereocenters. The highest BCUT2D eigenvalue weighted by Gasteiger charge is 2.33. The van der Waals surface area contributed by atoms with E-state index in [9.17, 15) is 19.2 Å². The van der Waals surface area contributed by atoms with Crippen LogP contribution in [-0.4, -0.2) is 57.2 Å². The summed E-state index contributed by atoms with van der Waals surface area (Å²) in [4.78, 5) is 52.1. The van der Waals surface area contributed by atoms with Crippen LogP contribution in [0.3, 0.4) is 0 Å². The first-order valence-electron chi connectivity index (χ1n) is 12.9. The van der Waals surface area contributed by atoms with Crippen molar-refractivity contribution in [3.63, 3.8) is 0 Å². The molecule has 0 aliphatic carbocycles. The van der Waals surface area contributed by atoms with Gasteiger partial charge in [0, 0.05) is 38.7 Å². The quantitative estimate of drug-likeness (QED) is 0.515. The average molecular weight is 520 g/mol. The topological polar surface area (TPSA) is 115 Å². The summed E-state index contributed by atoms with van der Waals surface area (Å²) in [6.07, 6.45) is 0.144. The van der Waals surface area contributed by atoms with Crippen molar-refractivity contribution in [1.82, 2.24) is 24.7 Å². The number of nitrogens with zero attached hydrogens (tertiary/aromatic N) is 3. The van der Waals surface area contributed by atoms with Gasteiger partial charge in [-0.15, -0.1) is 0 Å². The number of amides is 3. The first-order chi connectivity index (χ1) is 18.0. The van der Waals surface area contributed by atoms with Gasteiger partial charge in [-0.2, -0.15) is 0 Å². The van der Waals surface area contributed by atoms with Crippen molar-refractivity contribution in [3.8, 4) is 11.1 Å². The minimum Gasteiger partial charge on any atom is -0.444 e. The molecule has 2 N–H and O–H groups in total. The lowest BCUT2D eigenvalue weighted by Gasteiger charge is -2.37. The minimum atomic E-state index is -0.737. The minimum absolute atomic E-state index is 0.165. The molecule has 2 saturated heterocycles. The number of nitrogens with one attached hydrogen (secondary N) is 2. The number of piperidine rings is 1. The molecule has 2 fully saturated rings. The molecule has 0 saturated carbocycles. The number of carbonyl (C=O) groups excluding carboxylic acids is 3. The summed E-state index contributed by atoms with van der Waals surface area (Å²) in [6.45, 7) is 7.46. The standard InChI is InChI=1S/C28H33N5O5/c1-28(2,3)38-27(37)32-15-14-29-16-22(32)18-10-8-17(9-11-18)19-6-5-7-20-24(19)31(4)26(36)33(20)21-12-13-23(34)30-25(21)35/h5-11,21-22,29H,12-16H2,1-4H3,(H,30,34,35). The van der Waals surface area contributed by atoms with Crippen molar-refractivity contribution in [1.29, 1.82) is 0 Å². The van der Waals surface area contributed by atoms with Gasteiger partial charge in [0.1, 0.15) is 11.6 Å². The van der Waals surface area contributed by atoms with Crippen molar-refractivity contribution in [2.45, 2.75) is 51.3 Å². The van der Waals surface area contributed by atoms with Gasteiger partial charge in [0.15, 0.2) is 0 Å². The number of imide groups is 1. The van der Waals surface area contributed by atoms with E-state index >= 15 is 0 Å². The monoisotopic (exact) mass is 519 g/mol. The van der Waals surface area contributed by atoms with Crippen LogP contribution in [0.15, 0.2) is 47.3 Å². The van der Waals surface area contributed by atoms with Crippen molar-refractivity contribution >= 4 is 28.9 Å². The fourth-order valence-corrected chi connectivity index (χ4v) is 5.33. The van der Waals surface area contributed by atoms with Crippen LogP contribution in [0, 0.1) is 0 Å². The molecule has 0 spiro atoms. The van der Waals surface area contributed by atoms with E-state index in [0.29, 0.717) is 30.7 Å². The Bertz CT molecular complexity index is 1460. The van der Waals surface area contributed by atoms with Crippen molar-refractivity contribution < 1.29 is 19.1 Å². The van der Waals surface area contributed by atoms with E-state index in [1.165, 1.54) is 4.57 Å². The molecule has 0 radical (unpaired) electrons. The number of benzene rings is 2. The molecular weight excluding hydrogens is 486 g/mol. The molecule has 3 heterocycles. The first kappa shape index (κ1) is 25.7. The molecule has 1 aromatic heterocycles. The van der Waals surface area contributed by atoms with Crippen LogP contribution >= 0.6 is 0 Å². The summed E-state index contributed by atoms with van der Waals surface area (Å²) in [5.41, 5.74) is 3.21. The Balaban J connectivity index is 1.49. The van der Waals surface area contributed by atoms with E-state index in [0.717, 1.165) is 16.7 Å². The fourth-order valence-electron chi connectivity index (χ4n) is 5.33. The fraction of sp³-hybridized carbons (Fsp3) is 0.429. The third kappa shape index (κ3) is 4.71. The van der Waals surface area contributed by atoms with Crippen LogP contribution in [0.5, 0.6) is 0 Å². The number of hydrogen-bond donors (Lipinski definition) is 2. The maximum absolute atomic E-state index is 13.3. The van der Waals surface area contributed by atoms with Gasteiger partial charge in [0.2, 0.25) is 11.8 Å². The molecule has 3 aromatic rings. The number of para-hydroxylation sites is 1. The Morgan fingerprint density at radius 1 is 1.03 bits per heavy atom. The van der Waals surface area contributed by atoms with E-state index in [2.05, 4.69) is 10.6 Å². The number of carbonyl (C=O) groups is 3. The number of imidazole rings is 1. The highest BCUT2D eigenvalue weighted by Crippen LogP contribution is 2.32. The number of fused-ring (bicyclic) bond motifs is 1. The SMILES string of the molecule is Cn1c(=O)n(C2CCC(=O)NC2=O)c2cccc(-c3ccc(C4CNCCN4C(=O)OC(C)(C)C)cc3)c21. The summed E-state index contributed by atoms with van der Waals surface area (Å²) >= 11 is 0. The van der Waals surface area contributed by atoms with E-state index in [1.807, 2.05) is 63.2 Å². The maximum Gasteiger partial charge on any atom is 0.410 e. The van der Waals surface area contributed by atoms with Crippen LogP contribution in [0.4, 0.5) is 4.79 Å². The number of aryl methyl sites for hydroxylation is 1. The molecule has 0 bridgehead atoms. The number of ether oxygens (including phenoxy) is 1. The summed E-state index contributed by atoms with van der Waals surface area (Å²) < 4.78 is 8.68. The molecule has 38 heavy (non-hydrogen) atoms. The predicted molar refractivity (Wildman–Crippen MR) is 143 cm³/mol. The summed E-state index contributed by atoms with van der Waals surface area (Å²) in [5.74, 6) is -0.778. The predicted octanol–water partition coefficient (Wildman–Crippen LogP) is 2.87. The van der Waals surface area contributed by atoms with E-state index in [-0.39, 0.29) is 36.6 Å². The van der Waals surface area contributed by atoms with Gasteiger partial charge in [-0.1, -0.05) is 36.4 Å². The van der Waals surface area contributed by atoms with Gasteiger partial charge in [-0.25, -0.2) is 9.59 Å².